The van der Waals surface area contributed by atoms with Crippen molar-refractivity contribution in [2.24, 2.45) is 0 Å². The first kappa shape index (κ1) is 24.1. The first-order valence-corrected chi connectivity index (χ1v) is 11.9. The minimum Gasteiger partial charge on any atom is -0.378 e. The molecule has 0 heterocycles. The number of para-hydroxylation sites is 1. The van der Waals surface area contributed by atoms with E-state index in [1.807, 2.05) is 36.4 Å². The van der Waals surface area contributed by atoms with Gasteiger partial charge in [0.25, 0.3) is 11.6 Å². The second-order valence-electron chi connectivity index (χ2n) is 7.51. The summed E-state index contributed by atoms with van der Waals surface area (Å²) in [5, 5.41) is 25.0. The van der Waals surface area contributed by atoms with E-state index in [4.69, 9.17) is 4.18 Å². The van der Waals surface area contributed by atoms with Crippen LogP contribution in [0.3, 0.4) is 0 Å². The van der Waals surface area contributed by atoms with Crippen LogP contribution in [0.5, 0.6) is 5.75 Å². The number of carbonyl (C=O) groups excluding carboxylic acids is 1. The van der Waals surface area contributed by atoms with Crippen molar-refractivity contribution in [2.75, 3.05) is 5.32 Å². The first-order chi connectivity index (χ1) is 17.3. The summed E-state index contributed by atoms with van der Waals surface area (Å²) in [5.74, 6) is -0.803. The number of carbonyl (C=O) groups is 1. The van der Waals surface area contributed by atoms with Gasteiger partial charge in [-0.1, -0.05) is 48.5 Å². The van der Waals surface area contributed by atoms with Crippen molar-refractivity contribution < 1.29 is 22.3 Å². The Morgan fingerprint density at radius 1 is 0.944 bits per heavy atom. The Hall–Kier alpha value is -5.01. The summed E-state index contributed by atoms with van der Waals surface area (Å²) in [6, 6.07) is 24.9. The normalized spacial score (nSPS) is 11.5. The van der Waals surface area contributed by atoms with Crippen LogP contribution in [-0.2, 0) is 14.9 Å². The maximum absolute atomic E-state index is 12.8. The molecule has 0 aliphatic rings. The molecule has 0 fully saturated rings. The fraction of sp³-hybridized carbons (Fsp3) is 0. The van der Waals surface area contributed by atoms with E-state index in [0.717, 1.165) is 35.0 Å². The number of nitriles is 1. The van der Waals surface area contributed by atoms with Gasteiger partial charge in [0.1, 0.15) is 22.3 Å². The van der Waals surface area contributed by atoms with E-state index < -0.39 is 20.9 Å². The molecular formula is C26H17N3O6S. The maximum atomic E-state index is 12.8. The Balaban J connectivity index is 1.59. The van der Waals surface area contributed by atoms with Gasteiger partial charge in [0, 0.05) is 23.4 Å². The van der Waals surface area contributed by atoms with Crippen LogP contribution in [0.1, 0.15) is 5.56 Å². The number of nitrogens with zero attached hydrogens (tertiary/aromatic N) is 2. The van der Waals surface area contributed by atoms with Crippen LogP contribution >= 0.6 is 0 Å². The summed E-state index contributed by atoms with van der Waals surface area (Å²) < 4.78 is 30.7. The fourth-order valence-electron chi connectivity index (χ4n) is 3.35. The standard InChI is InChI=1S/C26H17N3O6S/c27-17-21(26(30)28-22-10-9-18-5-1-2-6-19(18)16-22)15-20-7-3-4-8-25(20)35-36(33,34)24-13-11-23(12-14-24)29(31)32/h1-16H,(H,28,30)/b21-15+. The molecule has 1 amide bonds. The number of non-ortho nitro benzene ring substituents is 1. The topological polar surface area (TPSA) is 139 Å². The molecule has 0 spiro atoms. The van der Waals surface area contributed by atoms with E-state index in [9.17, 15) is 28.6 Å². The molecule has 0 unspecified atom stereocenters. The summed E-state index contributed by atoms with van der Waals surface area (Å²) >= 11 is 0. The Labute approximate surface area is 206 Å². The van der Waals surface area contributed by atoms with E-state index in [-0.39, 0.29) is 27.5 Å². The molecule has 0 radical (unpaired) electrons. The van der Waals surface area contributed by atoms with Crippen LogP contribution < -0.4 is 9.50 Å². The number of benzene rings is 4. The SMILES string of the molecule is N#C/C(=C\c1ccccc1OS(=O)(=O)c1ccc([N+](=O)[O-])cc1)C(=O)Nc1ccc2ccccc2c1. The van der Waals surface area contributed by atoms with E-state index in [2.05, 4.69) is 5.32 Å². The molecule has 1 N–H and O–H groups in total. The number of nitro benzene ring substituents is 1. The van der Waals surface area contributed by atoms with Gasteiger partial charge in [0.05, 0.1) is 4.92 Å². The molecule has 4 aromatic carbocycles. The zero-order chi connectivity index (χ0) is 25.7. The van der Waals surface area contributed by atoms with Gasteiger partial charge in [-0.2, -0.15) is 13.7 Å². The molecule has 4 rings (SSSR count). The van der Waals surface area contributed by atoms with Crippen molar-refractivity contribution in [1.29, 1.82) is 5.26 Å². The molecule has 178 valence electrons. The van der Waals surface area contributed by atoms with Crippen molar-refractivity contribution in [3.8, 4) is 11.8 Å². The van der Waals surface area contributed by atoms with E-state index in [1.54, 1.807) is 18.2 Å². The zero-order valence-electron chi connectivity index (χ0n) is 18.5. The highest BCUT2D eigenvalue weighted by Gasteiger charge is 2.20. The Bertz CT molecular complexity index is 1660. The zero-order valence-corrected chi connectivity index (χ0v) is 19.3. The Morgan fingerprint density at radius 2 is 1.61 bits per heavy atom. The number of anilines is 1. The monoisotopic (exact) mass is 499 g/mol. The van der Waals surface area contributed by atoms with E-state index in [0.29, 0.717) is 5.69 Å². The van der Waals surface area contributed by atoms with Crippen LogP contribution in [0.4, 0.5) is 11.4 Å². The van der Waals surface area contributed by atoms with Crippen LogP contribution in [-0.4, -0.2) is 19.2 Å². The molecule has 0 saturated heterocycles. The van der Waals surface area contributed by atoms with Crippen molar-refractivity contribution in [3.05, 3.63) is 112 Å². The van der Waals surface area contributed by atoms with Crippen LogP contribution in [0.2, 0.25) is 0 Å². The third-order valence-corrected chi connectivity index (χ3v) is 6.38. The maximum Gasteiger partial charge on any atom is 0.339 e. The quantitative estimate of drug-likeness (QED) is 0.123. The number of rotatable bonds is 7. The number of hydrogen-bond donors (Lipinski definition) is 1. The fourth-order valence-corrected chi connectivity index (χ4v) is 4.30. The average Bonchev–Trinajstić information content (AvgIpc) is 2.88. The lowest BCUT2D eigenvalue weighted by Crippen LogP contribution is -2.14. The van der Waals surface area contributed by atoms with E-state index >= 15 is 0 Å². The molecule has 10 heteroatoms. The van der Waals surface area contributed by atoms with Gasteiger partial charge in [0.15, 0.2) is 0 Å². The molecule has 0 aromatic heterocycles. The van der Waals surface area contributed by atoms with Crippen molar-refractivity contribution in [1.82, 2.24) is 0 Å². The van der Waals surface area contributed by atoms with Crippen molar-refractivity contribution >= 4 is 44.2 Å². The molecule has 0 aliphatic heterocycles. The predicted molar refractivity (Wildman–Crippen MR) is 134 cm³/mol. The molecular weight excluding hydrogens is 482 g/mol. The highest BCUT2D eigenvalue weighted by Crippen LogP contribution is 2.26. The number of amides is 1. The number of nitrogens with one attached hydrogen (secondary N) is 1. The molecule has 36 heavy (non-hydrogen) atoms. The average molecular weight is 500 g/mol. The molecule has 0 bridgehead atoms. The van der Waals surface area contributed by atoms with Crippen LogP contribution in [0, 0.1) is 21.4 Å². The second-order valence-corrected chi connectivity index (χ2v) is 9.06. The van der Waals surface area contributed by atoms with Crippen molar-refractivity contribution in [3.63, 3.8) is 0 Å². The van der Waals surface area contributed by atoms with Gasteiger partial charge < -0.3 is 9.50 Å². The number of fused-ring (bicyclic) bond motifs is 1. The summed E-state index contributed by atoms with van der Waals surface area (Å²) in [7, 11) is -4.35. The van der Waals surface area contributed by atoms with Gasteiger partial charge in [-0.05, 0) is 47.2 Å². The lowest BCUT2D eigenvalue weighted by molar-refractivity contribution is -0.384. The lowest BCUT2D eigenvalue weighted by atomic mass is 10.1. The summed E-state index contributed by atoms with van der Waals surface area (Å²) in [5.41, 5.74) is 0.124. The lowest BCUT2D eigenvalue weighted by Gasteiger charge is -2.10. The minimum atomic E-state index is -4.35. The molecule has 0 atom stereocenters. The minimum absolute atomic E-state index is 0.123. The first-order valence-electron chi connectivity index (χ1n) is 10.5. The smallest absolute Gasteiger partial charge is 0.339 e. The van der Waals surface area contributed by atoms with Gasteiger partial charge in [-0.15, -0.1) is 0 Å². The number of nitro groups is 1. The van der Waals surface area contributed by atoms with Gasteiger partial charge in [0.2, 0.25) is 0 Å². The Morgan fingerprint density at radius 3 is 2.31 bits per heavy atom. The van der Waals surface area contributed by atoms with E-state index in [1.165, 1.54) is 24.3 Å². The molecule has 4 aromatic rings. The van der Waals surface area contributed by atoms with Gasteiger partial charge in [-0.25, -0.2) is 0 Å². The summed E-state index contributed by atoms with van der Waals surface area (Å²) in [6.45, 7) is 0. The third-order valence-electron chi connectivity index (χ3n) is 5.13. The number of hydrogen-bond acceptors (Lipinski definition) is 7. The Kier molecular flexibility index (Phi) is 6.76. The second kappa shape index (κ2) is 10.1. The molecule has 0 saturated carbocycles. The summed E-state index contributed by atoms with van der Waals surface area (Å²) in [6.07, 6.45) is 1.22. The van der Waals surface area contributed by atoms with Crippen LogP contribution in [0.25, 0.3) is 16.8 Å². The highest BCUT2D eigenvalue weighted by molar-refractivity contribution is 7.87. The van der Waals surface area contributed by atoms with Gasteiger partial charge >= 0.3 is 10.1 Å². The molecule has 9 nitrogen and oxygen atoms in total. The van der Waals surface area contributed by atoms with Gasteiger partial charge in [-0.3, -0.25) is 14.9 Å². The highest BCUT2D eigenvalue weighted by atomic mass is 32.2. The summed E-state index contributed by atoms with van der Waals surface area (Å²) in [4.78, 5) is 22.7. The third kappa shape index (κ3) is 5.38. The van der Waals surface area contributed by atoms with Crippen molar-refractivity contribution in [2.45, 2.75) is 4.90 Å². The molecule has 0 aliphatic carbocycles. The van der Waals surface area contributed by atoms with Crippen LogP contribution in [0.15, 0.2) is 101 Å². The largest absolute Gasteiger partial charge is 0.378 e. The predicted octanol–water partition coefficient (Wildman–Crippen LogP) is 5.06.